The lowest BCUT2D eigenvalue weighted by Gasteiger charge is -2.13. The fraction of sp³-hybridized carbons (Fsp3) is 0.667. The number of ether oxygens (including phenoxy) is 3. The highest BCUT2D eigenvalue weighted by Gasteiger charge is 2.10. The number of rotatable bonds is 6. The average Bonchev–Trinajstić information content (AvgIpc) is 2.21. The van der Waals surface area contributed by atoms with Crippen molar-refractivity contribution in [2.24, 2.45) is 5.73 Å². The van der Waals surface area contributed by atoms with E-state index in [9.17, 15) is 14.4 Å². The number of nitrogens with two attached hydrogens (primary N) is 1. The molecule has 98 valence electrons. The van der Waals surface area contributed by atoms with Gasteiger partial charge in [0.15, 0.2) is 0 Å². The zero-order valence-electron chi connectivity index (χ0n) is 9.73. The van der Waals surface area contributed by atoms with E-state index in [2.05, 4.69) is 14.8 Å². The Bertz CT molecular complexity index is 281. The molecular formula is C9H16N2O6. The van der Waals surface area contributed by atoms with Crippen molar-refractivity contribution in [3.63, 3.8) is 0 Å². The quantitative estimate of drug-likeness (QED) is 0.380. The summed E-state index contributed by atoms with van der Waals surface area (Å²) < 4.78 is 13.8. The number of nitrogens with one attached hydrogen (secondary N) is 1. The highest BCUT2D eigenvalue weighted by atomic mass is 16.6. The molecule has 0 saturated heterocycles. The van der Waals surface area contributed by atoms with Crippen LogP contribution in [0.1, 0.15) is 13.8 Å². The van der Waals surface area contributed by atoms with Crippen molar-refractivity contribution in [1.29, 1.82) is 0 Å². The zero-order chi connectivity index (χ0) is 13.3. The van der Waals surface area contributed by atoms with Crippen LogP contribution < -0.4 is 11.1 Å². The first-order valence-corrected chi connectivity index (χ1v) is 4.92. The highest BCUT2D eigenvalue weighted by molar-refractivity contribution is 5.68. The maximum Gasteiger partial charge on any atom is 0.407 e. The number of carbonyl (C=O) groups excluding carboxylic acids is 3. The number of amides is 2. The first-order chi connectivity index (χ1) is 7.91. The van der Waals surface area contributed by atoms with E-state index in [0.717, 1.165) is 0 Å². The van der Waals surface area contributed by atoms with Gasteiger partial charge in [-0.1, -0.05) is 0 Å². The van der Waals surface area contributed by atoms with Gasteiger partial charge in [0.05, 0.1) is 6.54 Å². The normalized spacial score (nSPS) is 11.2. The Morgan fingerprint density at radius 1 is 1.29 bits per heavy atom. The van der Waals surface area contributed by atoms with Gasteiger partial charge < -0.3 is 25.3 Å². The monoisotopic (exact) mass is 248 g/mol. The fourth-order valence-electron chi connectivity index (χ4n) is 0.806. The minimum atomic E-state index is -0.935. The number of esters is 1. The molecule has 8 heteroatoms. The molecule has 8 nitrogen and oxygen atoms in total. The van der Waals surface area contributed by atoms with Crippen LogP contribution in [0.2, 0.25) is 0 Å². The Morgan fingerprint density at radius 3 is 2.47 bits per heavy atom. The van der Waals surface area contributed by atoms with Gasteiger partial charge in [-0.15, -0.1) is 0 Å². The molecule has 0 aliphatic carbocycles. The van der Waals surface area contributed by atoms with E-state index in [1.54, 1.807) is 0 Å². The number of carbonyl (C=O) groups is 3. The van der Waals surface area contributed by atoms with Gasteiger partial charge in [-0.3, -0.25) is 4.79 Å². The third-order valence-electron chi connectivity index (χ3n) is 1.45. The number of hydrogen-bond acceptors (Lipinski definition) is 6. The molecule has 0 rings (SSSR count). The lowest BCUT2D eigenvalue weighted by Crippen LogP contribution is -2.33. The Hall–Kier alpha value is -1.99. The number of alkyl carbamates (subject to hydrolysis) is 1. The first-order valence-electron chi connectivity index (χ1n) is 4.92. The third-order valence-corrected chi connectivity index (χ3v) is 1.45. The van der Waals surface area contributed by atoms with Crippen molar-refractivity contribution < 1.29 is 28.6 Å². The minimum absolute atomic E-state index is 0.0661. The Kier molecular flexibility index (Phi) is 7.24. The van der Waals surface area contributed by atoms with E-state index < -0.39 is 24.3 Å². The molecule has 2 amide bonds. The Morgan fingerprint density at radius 2 is 1.94 bits per heavy atom. The van der Waals surface area contributed by atoms with Gasteiger partial charge >= 0.3 is 18.2 Å². The Labute approximate surface area is 98.4 Å². The summed E-state index contributed by atoms with van der Waals surface area (Å²) in [5.74, 6) is -0.427. The van der Waals surface area contributed by atoms with E-state index in [0.29, 0.717) is 0 Å². The van der Waals surface area contributed by atoms with Crippen LogP contribution in [0.3, 0.4) is 0 Å². The van der Waals surface area contributed by atoms with Crippen molar-refractivity contribution in [3.05, 3.63) is 0 Å². The molecule has 0 spiro atoms. The number of hydrogen-bond donors (Lipinski definition) is 2. The van der Waals surface area contributed by atoms with Crippen molar-refractivity contribution in [3.8, 4) is 0 Å². The summed E-state index contributed by atoms with van der Waals surface area (Å²) in [6, 6.07) is 0. The van der Waals surface area contributed by atoms with E-state index in [4.69, 9.17) is 10.5 Å². The summed E-state index contributed by atoms with van der Waals surface area (Å²) in [5, 5.41) is 2.35. The molecule has 3 N–H and O–H groups in total. The average molecular weight is 248 g/mol. The zero-order valence-corrected chi connectivity index (χ0v) is 9.73. The predicted molar refractivity (Wildman–Crippen MR) is 56.1 cm³/mol. The molecule has 0 radical (unpaired) electrons. The second kappa shape index (κ2) is 8.20. The van der Waals surface area contributed by atoms with Gasteiger partial charge in [-0.2, -0.15) is 0 Å². The topological polar surface area (TPSA) is 117 Å². The van der Waals surface area contributed by atoms with Crippen LogP contribution in [0, 0.1) is 0 Å². The molecule has 1 unspecified atom stereocenters. The maximum absolute atomic E-state index is 11.1. The van der Waals surface area contributed by atoms with Crippen molar-refractivity contribution in [2.45, 2.75) is 20.0 Å². The second-order valence-electron chi connectivity index (χ2n) is 3.11. The van der Waals surface area contributed by atoms with Gasteiger partial charge in [-0.05, 0) is 6.92 Å². The Balaban J connectivity index is 3.57. The molecule has 0 aromatic rings. The standard InChI is InChI=1S/C9H16N2O6/c1-6(5-16-8(10)13)17-9(14)11-3-4-15-7(2)12/h6H,3-5H2,1-2H3,(H2,10,13)(H,11,14). The van der Waals surface area contributed by atoms with Crippen LogP contribution in [-0.4, -0.2) is 44.0 Å². The van der Waals surface area contributed by atoms with Gasteiger partial charge in [0.25, 0.3) is 0 Å². The largest absolute Gasteiger partial charge is 0.464 e. The molecule has 0 heterocycles. The smallest absolute Gasteiger partial charge is 0.407 e. The van der Waals surface area contributed by atoms with Crippen LogP contribution in [0.5, 0.6) is 0 Å². The van der Waals surface area contributed by atoms with E-state index in [1.807, 2.05) is 0 Å². The lowest BCUT2D eigenvalue weighted by molar-refractivity contribution is -0.140. The first kappa shape index (κ1) is 15.0. The SMILES string of the molecule is CC(=O)OCCNC(=O)OC(C)COC(N)=O. The molecule has 0 aliphatic heterocycles. The molecule has 1 atom stereocenters. The summed E-state index contributed by atoms with van der Waals surface area (Å²) in [7, 11) is 0. The van der Waals surface area contributed by atoms with Crippen LogP contribution in [0.15, 0.2) is 0 Å². The molecule has 0 fully saturated rings. The van der Waals surface area contributed by atoms with E-state index in [1.165, 1.54) is 13.8 Å². The summed E-state index contributed by atoms with van der Waals surface area (Å²) in [5.41, 5.74) is 4.73. The summed E-state index contributed by atoms with van der Waals surface area (Å²) in [6.45, 7) is 2.89. The van der Waals surface area contributed by atoms with Crippen LogP contribution in [0.25, 0.3) is 0 Å². The molecular weight excluding hydrogens is 232 g/mol. The van der Waals surface area contributed by atoms with E-state index >= 15 is 0 Å². The van der Waals surface area contributed by atoms with Crippen LogP contribution >= 0.6 is 0 Å². The molecule has 0 aromatic carbocycles. The molecule has 0 aromatic heterocycles. The summed E-state index contributed by atoms with van der Waals surface area (Å²) in [4.78, 5) is 31.7. The lowest BCUT2D eigenvalue weighted by atomic mass is 10.4. The fourth-order valence-corrected chi connectivity index (χ4v) is 0.806. The van der Waals surface area contributed by atoms with Crippen molar-refractivity contribution >= 4 is 18.2 Å². The molecule has 0 aliphatic rings. The maximum atomic E-state index is 11.1. The van der Waals surface area contributed by atoms with Crippen molar-refractivity contribution in [1.82, 2.24) is 5.32 Å². The van der Waals surface area contributed by atoms with E-state index in [-0.39, 0.29) is 19.8 Å². The van der Waals surface area contributed by atoms with Gasteiger partial charge in [0.1, 0.15) is 19.3 Å². The minimum Gasteiger partial charge on any atom is -0.464 e. The van der Waals surface area contributed by atoms with Gasteiger partial charge in [0, 0.05) is 6.92 Å². The summed E-state index contributed by atoms with van der Waals surface area (Å²) in [6.07, 6.45) is -2.25. The third kappa shape index (κ3) is 10.3. The van der Waals surface area contributed by atoms with Gasteiger partial charge in [-0.25, -0.2) is 9.59 Å². The van der Waals surface area contributed by atoms with Crippen LogP contribution in [-0.2, 0) is 19.0 Å². The second-order valence-corrected chi connectivity index (χ2v) is 3.11. The van der Waals surface area contributed by atoms with Crippen LogP contribution in [0.4, 0.5) is 9.59 Å². The van der Waals surface area contributed by atoms with Crippen molar-refractivity contribution in [2.75, 3.05) is 19.8 Å². The summed E-state index contributed by atoms with van der Waals surface area (Å²) >= 11 is 0. The molecule has 17 heavy (non-hydrogen) atoms. The highest BCUT2D eigenvalue weighted by Crippen LogP contribution is 1.92. The molecule has 0 bridgehead atoms. The van der Waals surface area contributed by atoms with Gasteiger partial charge in [0.2, 0.25) is 0 Å². The predicted octanol–water partition coefficient (Wildman–Crippen LogP) is -0.240. The molecule has 0 saturated carbocycles. The number of primary amides is 1.